The highest BCUT2D eigenvalue weighted by Crippen LogP contribution is 2.28. The molecule has 5 N–H and O–H groups in total. The lowest BCUT2D eigenvalue weighted by Gasteiger charge is -2.43. The van der Waals surface area contributed by atoms with Gasteiger partial charge in [-0.05, 0) is 0 Å². The standard InChI is InChI=1S/C7H13FO6/c8-2-7(13)6(12)5(11)4(10)3(1-9)14-7/h3-6,9-13H,1-2H2/t3-,4-,5-,6+,7-/m1/s1. The van der Waals surface area contributed by atoms with Crippen LogP contribution in [-0.4, -0.2) is 69.0 Å². The highest BCUT2D eigenvalue weighted by molar-refractivity contribution is 4.95. The van der Waals surface area contributed by atoms with Crippen molar-refractivity contribution in [3.8, 4) is 0 Å². The van der Waals surface area contributed by atoms with Crippen LogP contribution in [0.5, 0.6) is 0 Å². The Morgan fingerprint density at radius 3 is 2.21 bits per heavy atom. The fraction of sp³-hybridized carbons (Fsp3) is 1.00. The van der Waals surface area contributed by atoms with Crippen LogP contribution < -0.4 is 0 Å². The number of aliphatic hydroxyl groups is 5. The van der Waals surface area contributed by atoms with E-state index in [4.69, 9.17) is 5.11 Å². The molecule has 6 nitrogen and oxygen atoms in total. The molecule has 1 aliphatic heterocycles. The molecular weight excluding hydrogens is 199 g/mol. The van der Waals surface area contributed by atoms with E-state index >= 15 is 0 Å². The van der Waals surface area contributed by atoms with E-state index in [1.54, 1.807) is 0 Å². The summed E-state index contributed by atoms with van der Waals surface area (Å²) < 4.78 is 16.9. The molecule has 0 spiro atoms. The molecule has 1 fully saturated rings. The summed E-state index contributed by atoms with van der Waals surface area (Å²) in [7, 11) is 0. The van der Waals surface area contributed by atoms with Gasteiger partial charge in [0.1, 0.15) is 31.1 Å². The van der Waals surface area contributed by atoms with Crippen LogP contribution in [0.2, 0.25) is 0 Å². The van der Waals surface area contributed by atoms with E-state index in [1.165, 1.54) is 0 Å². The SMILES string of the molecule is OC[C@H]1O[C@](O)(CF)[C@@H](O)[C@H](O)[C@@H]1O. The lowest BCUT2D eigenvalue weighted by atomic mass is 9.93. The summed E-state index contributed by atoms with van der Waals surface area (Å²) in [6.45, 7) is -2.15. The van der Waals surface area contributed by atoms with Gasteiger partial charge in [-0.3, -0.25) is 0 Å². The van der Waals surface area contributed by atoms with Crippen molar-refractivity contribution < 1.29 is 34.7 Å². The second-order valence-corrected chi connectivity index (χ2v) is 3.24. The van der Waals surface area contributed by atoms with E-state index in [1.807, 2.05) is 0 Å². The zero-order chi connectivity index (χ0) is 10.9. The van der Waals surface area contributed by atoms with Gasteiger partial charge < -0.3 is 30.3 Å². The molecular formula is C7H13FO6. The maximum atomic E-state index is 12.3. The molecule has 5 atom stereocenters. The van der Waals surface area contributed by atoms with Crippen LogP contribution in [0, 0.1) is 0 Å². The van der Waals surface area contributed by atoms with Crippen LogP contribution in [0.3, 0.4) is 0 Å². The number of hydrogen-bond acceptors (Lipinski definition) is 6. The van der Waals surface area contributed by atoms with Crippen molar-refractivity contribution in [3.63, 3.8) is 0 Å². The number of rotatable bonds is 2. The van der Waals surface area contributed by atoms with Crippen LogP contribution in [0.1, 0.15) is 0 Å². The van der Waals surface area contributed by atoms with Crippen LogP contribution in [0.15, 0.2) is 0 Å². The van der Waals surface area contributed by atoms with Gasteiger partial charge in [0.15, 0.2) is 0 Å². The van der Waals surface area contributed by atoms with Crippen molar-refractivity contribution in [2.24, 2.45) is 0 Å². The molecule has 1 rings (SSSR count). The smallest absolute Gasteiger partial charge is 0.224 e. The fourth-order valence-corrected chi connectivity index (χ4v) is 1.33. The van der Waals surface area contributed by atoms with Gasteiger partial charge in [-0.15, -0.1) is 0 Å². The van der Waals surface area contributed by atoms with Gasteiger partial charge in [0, 0.05) is 0 Å². The van der Waals surface area contributed by atoms with Crippen molar-refractivity contribution in [3.05, 3.63) is 0 Å². The lowest BCUT2D eigenvalue weighted by molar-refractivity contribution is -0.352. The van der Waals surface area contributed by atoms with E-state index in [2.05, 4.69) is 4.74 Å². The third kappa shape index (κ3) is 1.74. The minimum absolute atomic E-state index is 0.701. The first-order chi connectivity index (χ1) is 6.46. The Morgan fingerprint density at radius 2 is 1.79 bits per heavy atom. The Hall–Kier alpha value is -0.310. The quantitative estimate of drug-likeness (QED) is 0.336. The fourth-order valence-electron chi connectivity index (χ4n) is 1.33. The minimum Gasteiger partial charge on any atom is -0.394 e. The van der Waals surface area contributed by atoms with Gasteiger partial charge in [0.05, 0.1) is 6.61 Å². The summed E-state index contributed by atoms with van der Waals surface area (Å²) in [6.07, 6.45) is -6.61. The van der Waals surface area contributed by atoms with E-state index in [9.17, 15) is 24.8 Å². The zero-order valence-electron chi connectivity index (χ0n) is 7.25. The molecule has 1 heterocycles. The summed E-state index contributed by atoms with van der Waals surface area (Å²) in [5.41, 5.74) is 0. The highest BCUT2D eigenvalue weighted by Gasteiger charge is 2.52. The molecule has 7 heteroatoms. The van der Waals surface area contributed by atoms with Gasteiger partial charge in [0.2, 0.25) is 5.79 Å². The highest BCUT2D eigenvalue weighted by atomic mass is 19.1. The Morgan fingerprint density at radius 1 is 1.21 bits per heavy atom. The summed E-state index contributed by atoms with van der Waals surface area (Å²) in [6, 6.07) is 0. The first-order valence-electron chi connectivity index (χ1n) is 4.07. The van der Waals surface area contributed by atoms with Gasteiger partial charge in [-0.2, -0.15) is 0 Å². The van der Waals surface area contributed by atoms with Crippen molar-refractivity contribution in [1.82, 2.24) is 0 Å². The third-order valence-electron chi connectivity index (χ3n) is 2.24. The maximum Gasteiger partial charge on any atom is 0.224 e. The normalized spacial score (nSPS) is 49.3. The molecule has 1 aliphatic rings. The number of aliphatic hydroxyl groups excluding tert-OH is 4. The number of ether oxygens (including phenoxy) is 1. The Balaban J connectivity index is 2.84. The molecule has 0 bridgehead atoms. The minimum atomic E-state index is -2.58. The van der Waals surface area contributed by atoms with Gasteiger partial charge in [-0.25, -0.2) is 4.39 Å². The monoisotopic (exact) mass is 212 g/mol. The molecule has 1 saturated heterocycles. The maximum absolute atomic E-state index is 12.3. The Labute approximate surface area is 79.2 Å². The Bertz CT molecular complexity index is 201. The topological polar surface area (TPSA) is 110 Å². The molecule has 0 saturated carbocycles. The molecule has 0 radical (unpaired) electrons. The van der Waals surface area contributed by atoms with Crippen LogP contribution >= 0.6 is 0 Å². The van der Waals surface area contributed by atoms with Crippen molar-refractivity contribution in [1.29, 1.82) is 0 Å². The average Bonchev–Trinajstić information content (AvgIpc) is 2.20. The molecule has 14 heavy (non-hydrogen) atoms. The van der Waals surface area contributed by atoms with Crippen molar-refractivity contribution in [2.75, 3.05) is 13.3 Å². The van der Waals surface area contributed by atoms with Crippen LogP contribution in [0.4, 0.5) is 4.39 Å². The second kappa shape index (κ2) is 4.05. The largest absolute Gasteiger partial charge is 0.394 e. The van der Waals surface area contributed by atoms with E-state index in [0.29, 0.717) is 0 Å². The van der Waals surface area contributed by atoms with Gasteiger partial charge >= 0.3 is 0 Å². The third-order valence-corrected chi connectivity index (χ3v) is 2.24. The predicted octanol–water partition coefficient (Wildman–Crippen LogP) is -2.88. The molecule has 84 valence electrons. The van der Waals surface area contributed by atoms with E-state index in [0.717, 1.165) is 0 Å². The summed E-state index contributed by atoms with van der Waals surface area (Å²) in [4.78, 5) is 0. The summed E-state index contributed by atoms with van der Waals surface area (Å²) in [5.74, 6) is -2.58. The summed E-state index contributed by atoms with van der Waals surface area (Å²) in [5, 5.41) is 45.6. The molecule has 0 aromatic heterocycles. The summed E-state index contributed by atoms with van der Waals surface area (Å²) >= 11 is 0. The van der Waals surface area contributed by atoms with Crippen LogP contribution in [0.25, 0.3) is 0 Å². The zero-order valence-corrected chi connectivity index (χ0v) is 7.25. The second-order valence-electron chi connectivity index (χ2n) is 3.24. The number of hydrogen-bond donors (Lipinski definition) is 5. The number of halogens is 1. The van der Waals surface area contributed by atoms with Gasteiger partial charge in [-0.1, -0.05) is 0 Å². The van der Waals surface area contributed by atoms with E-state index < -0.39 is 43.5 Å². The average molecular weight is 212 g/mol. The number of alkyl halides is 1. The first-order valence-corrected chi connectivity index (χ1v) is 4.07. The molecule has 0 aliphatic carbocycles. The molecule has 0 unspecified atom stereocenters. The van der Waals surface area contributed by atoms with Gasteiger partial charge in [0.25, 0.3) is 0 Å². The molecule has 0 aromatic carbocycles. The lowest BCUT2D eigenvalue weighted by Crippen LogP contribution is -2.66. The first kappa shape index (κ1) is 11.8. The van der Waals surface area contributed by atoms with Crippen molar-refractivity contribution in [2.45, 2.75) is 30.2 Å². The van der Waals surface area contributed by atoms with Crippen molar-refractivity contribution >= 4 is 0 Å². The molecule has 0 amide bonds. The predicted molar refractivity (Wildman–Crippen MR) is 40.9 cm³/mol. The molecule has 0 aromatic rings. The van der Waals surface area contributed by atoms with Crippen LogP contribution in [-0.2, 0) is 4.74 Å². The van der Waals surface area contributed by atoms with E-state index in [-0.39, 0.29) is 0 Å². The Kier molecular flexibility index (Phi) is 3.40.